The van der Waals surface area contributed by atoms with E-state index in [4.69, 9.17) is 5.73 Å². The van der Waals surface area contributed by atoms with Crippen molar-refractivity contribution in [2.45, 2.75) is 26.3 Å². The van der Waals surface area contributed by atoms with Crippen molar-refractivity contribution in [2.24, 2.45) is 16.6 Å². The van der Waals surface area contributed by atoms with Gasteiger partial charge in [0.2, 0.25) is 0 Å². The van der Waals surface area contributed by atoms with Gasteiger partial charge < -0.3 is 11.1 Å². The first kappa shape index (κ1) is 20.1. The average Bonchev–Trinajstić information content (AvgIpc) is 3.00. The molecule has 7 heteroatoms. The molecule has 1 saturated heterocycles. The lowest BCUT2D eigenvalue weighted by molar-refractivity contribution is 0.179. The van der Waals surface area contributed by atoms with E-state index in [1.54, 1.807) is 11.3 Å². The standard InChI is InChI=1S/C18H25N5S.HI/c1-14-21-17(13-24-14)12-23-9-7-15(8-10-23)11-20-18(19)22-16-5-3-2-4-6-16;/h2-6,13,15H,7-12H2,1H3,(H3,19,20,22);1H. The highest BCUT2D eigenvalue weighted by molar-refractivity contribution is 14.0. The summed E-state index contributed by atoms with van der Waals surface area (Å²) in [6, 6.07) is 9.92. The van der Waals surface area contributed by atoms with E-state index in [1.165, 1.54) is 18.5 Å². The Labute approximate surface area is 170 Å². The van der Waals surface area contributed by atoms with Gasteiger partial charge in [-0.3, -0.25) is 9.89 Å². The molecule has 1 aromatic heterocycles. The maximum Gasteiger partial charge on any atom is 0.193 e. The number of aliphatic imine (C=N–C) groups is 1. The summed E-state index contributed by atoms with van der Waals surface area (Å²) in [5, 5.41) is 6.45. The van der Waals surface area contributed by atoms with Gasteiger partial charge in [0.05, 0.1) is 10.7 Å². The van der Waals surface area contributed by atoms with E-state index in [1.807, 2.05) is 30.3 Å². The third-order valence-electron chi connectivity index (χ3n) is 4.33. The summed E-state index contributed by atoms with van der Waals surface area (Å²) in [5.74, 6) is 1.12. The zero-order chi connectivity index (χ0) is 16.8. The molecule has 0 aliphatic carbocycles. The number of nitrogens with two attached hydrogens (primary N) is 1. The van der Waals surface area contributed by atoms with Gasteiger partial charge >= 0.3 is 0 Å². The normalized spacial score (nSPS) is 16.4. The smallest absolute Gasteiger partial charge is 0.193 e. The molecular formula is C18H26IN5S. The predicted octanol–water partition coefficient (Wildman–Crippen LogP) is 3.71. The zero-order valence-electron chi connectivity index (χ0n) is 14.5. The number of nitrogens with zero attached hydrogens (tertiary/aromatic N) is 3. The van der Waals surface area contributed by atoms with Crippen molar-refractivity contribution in [1.29, 1.82) is 0 Å². The second-order valence-corrected chi connectivity index (χ2v) is 7.36. The topological polar surface area (TPSA) is 66.5 Å². The minimum Gasteiger partial charge on any atom is -0.370 e. The van der Waals surface area contributed by atoms with Gasteiger partial charge in [-0.2, -0.15) is 0 Å². The number of rotatable bonds is 5. The van der Waals surface area contributed by atoms with E-state index in [2.05, 4.69) is 32.5 Å². The van der Waals surface area contributed by atoms with Gasteiger partial charge in [-0.05, 0) is 50.9 Å². The van der Waals surface area contributed by atoms with Gasteiger partial charge in [-0.1, -0.05) is 18.2 Å². The Hall–Kier alpha value is -1.19. The molecule has 0 radical (unpaired) electrons. The quantitative estimate of drug-likeness (QED) is 0.397. The van der Waals surface area contributed by atoms with Crippen molar-refractivity contribution < 1.29 is 0 Å². The first-order chi connectivity index (χ1) is 11.7. The van der Waals surface area contributed by atoms with Crippen molar-refractivity contribution in [2.75, 3.05) is 25.0 Å². The molecule has 0 saturated carbocycles. The number of anilines is 1. The van der Waals surface area contributed by atoms with Crippen LogP contribution in [0.2, 0.25) is 0 Å². The molecule has 1 aliphatic rings. The molecule has 3 rings (SSSR count). The summed E-state index contributed by atoms with van der Waals surface area (Å²) in [6.07, 6.45) is 2.34. The molecule has 25 heavy (non-hydrogen) atoms. The predicted molar refractivity (Wildman–Crippen MR) is 117 cm³/mol. The molecule has 136 valence electrons. The average molecular weight is 471 g/mol. The van der Waals surface area contributed by atoms with Crippen LogP contribution in [0.25, 0.3) is 0 Å². The fourth-order valence-corrected chi connectivity index (χ4v) is 3.58. The Morgan fingerprint density at radius 2 is 2.04 bits per heavy atom. The number of para-hydroxylation sites is 1. The lowest BCUT2D eigenvalue weighted by Gasteiger charge is -2.30. The molecule has 2 heterocycles. The van der Waals surface area contributed by atoms with Gasteiger partial charge in [-0.25, -0.2) is 4.98 Å². The summed E-state index contributed by atoms with van der Waals surface area (Å²) >= 11 is 1.73. The van der Waals surface area contributed by atoms with E-state index in [-0.39, 0.29) is 24.0 Å². The fourth-order valence-electron chi connectivity index (χ4n) is 2.97. The molecule has 0 atom stereocenters. The Kier molecular flexibility index (Phi) is 8.11. The Morgan fingerprint density at radius 3 is 2.68 bits per heavy atom. The lowest BCUT2D eigenvalue weighted by Crippen LogP contribution is -2.34. The number of aromatic nitrogens is 1. The summed E-state index contributed by atoms with van der Waals surface area (Å²) in [5.41, 5.74) is 8.15. The molecule has 1 aliphatic heterocycles. The van der Waals surface area contributed by atoms with Crippen molar-refractivity contribution in [3.63, 3.8) is 0 Å². The van der Waals surface area contributed by atoms with Crippen LogP contribution in [-0.4, -0.2) is 35.5 Å². The molecule has 0 bridgehead atoms. The summed E-state index contributed by atoms with van der Waals surface area (Å²) in [4.78, 5) is 11.5. The van der Waals surface area contributed by atoms with E-state index in [0.717, 1.165) is 36.9 Å². The van der Waals surface area contributed by atoms with Crippen molar-refractivity contribution in [3.05, 3.63) is 46.4 Å². The van der Waals surface area contributed by atoms with E-state index in [9.17, 15) is 0 Å². The van der Waals surface area contributed by atoms with Gasteiger partial charge in [0, 0.05) is 24.2 Å². The van der Waals surface area contributed by atoms with Crippen LogP contribution < -0.4 is 11.1 Å². The van der Waals surface area contributed by atoms with Crippen molar-refractivity contribution in [3.8, 4) is 0 Å². The monoisotopic (exact) mass is 471 g/mol. The Morgan fingerprint density at radius 1 is 1.32 bits per heavy atom. The maximum atomic E-state index is 5.98. The fraction of sp³-hybridized carbons (Fsp3) is 0.444. The molecule has 1 aromatic carbocycles. The number of thiazole rings is 1. The Balaban J connectivity index is 0.00000225. The van der Waals surface area contributed by atoms with E-state index < -0.39 is 0 Å². The number of hydrogen-bond acceptors (Lipinski definition) is 4. The highest BCUT2D eigenvalue weighted by Crippen LogP contribution is 2.20. The molecule has 3 N–H and O–H groups in total. The largest absolute Gasteiger partial charge is 0.370 e. The second-order valence-electron chi connectivity index (χ2n) is 6.29. The van der Waals surface area contributed by atoms with Crippen LogP contribution in [0, 0.1) is 12.8 Å². The van der Waals surface area contributed by atoms with Gasteiger partial charge in [0.15, 0.2) is 5.96 Å². The zero-order valence-corrected chi connectivity index (χ0v) is 17.7. The number of piperidine rings is 1. The van der Waals surface area contributed by atoms with Crippen LogP contribution >= 0.6 is 35.3 Å². The van der Waals surface area contributed by atoms with Crippen molar-refractivity contribution in [1.82, 2.24) is 9.88 Å². The number of halogens is 1. The van der Waals surface area contributed by atoms with Crippen LogP contribution in [0.4, 0.5) is 5.69 Å². The number of benzene rings is 1. The van der Waals surface area contributed by atoms with Gasteiger partial charge in [0.25, 0.3) is 0 Å². The van der Waals surface area contributed by atoms with Crippen LogP contribution in [-0.2, 0) is 6.54 Å². The first-order valence-corrected chi connectivity index (χ1v) is 9.32. The molecule has 0 spiro atoms. The Bertz CT molecular complexity index is 665. The number of aryl methyl sites for hydroxylation is 1. The third kappa shape index (κ3) is 6.56. The van der Waals surface area contributed by atoms with Crippen LogP contribution in [0.1, 0.15) is 23.5 Å². The lowest BCUT2D eigenvalue weighted by atomic mass is 9.97. The summed E-state index contributed by atoms with van der Waals surface area (Å²) in [6.45, 7) is 6.06. The summed E-state index contributed by atoms with van der Waals surface area (Å²) < 4.78 is 0. The molecule has 2 aromatic rings. The second kappa shape index (κ2) is 10.1. The number of guanidine groups is 1. The molecule has 5 nitrogen and oxygen atoms in total. The molecule has 0 unspecified atom stereocenters. The SMILES string of the molecule is Cc1nc(CN2CCC(CN=C(N)Nc3ccccc3)CC2)cs1.I. The first-order valence-electron chi connectivity index (χ1n) is 8.44. The number of nitrogens with one attached hydrogen (secondary N) is 1. The van der Waals surface area contributed by atoms with Crippen molar-refractivity contribution >= 4 is 47.0 Å². The van der Waals surface area contributed by atoms with E-state index in [0.29, 0.717) is 11.9 Å². The van der Waals surface area contributed by atoms with E-state index >= 15 is 0 Å². The number of likely N-dealkylation sites (tertiary alicyclic amines) is 1. The molecular weight excluding hydrogens is 445 g/mol. The van der Waals surface area contributed by atoms with Crippen LogP contribution in [0.5, 0.6) is 0 Å². The van der Waals surface area contributed by atoms with Crippen LogP contribution in [0.15, 0.2) is 40.7 Å². The highest BCUT2D eigenvalue weighted by atomic mass is 127. The highest BCUT2D eigenvalue weighted by Gasteiger charge is 2.19. The summed E-state index contributed by atoms with van der Waals surface area (Å²) in [7, 11) is 0. The van der Waals surface area contributed by atoms with Crippen LogP contribution in [0.3, 0.4) is 0 Å². The molecule has 0 amide bonds. The minimum atomic E-state index is 0. The third-order valence-corrected chi connectivity index (χ3v) is 5.15. The number of hydrogen-bond donors (Lipinski definition) is 2. The van der Waals surface area contributed by atoms with Gasteiger partial charge in [-0.15, -0.1) is 35.3 Å². The van der Waals surface area contributed by atoms with Gasteiger partial charge in [0.1, 0.15) is 0 Å². The minimum absolute atomic E-state index is 0. The molecule has 1 fully saturated rings. The maximum absolute atomic E-state index is 5.98.